The van der Waals surface area contributed by atoms with Gasteiger partial charge in [0.05, 0.1) is 12.5 Å². The predicted molar refractivity (Wildman–Crippen MR) is 100 cm³/mol. The number of rotatable bonds is 4. The zero-order chi connectivity index (χ0) is 18.8. The standard InChI is InChI=1S/C16H15BrN6O3/c1-21-14-13(15(25)22(2)16(21)26)23(9-18-14)8-12(24)20-19-7-10-3-5-11(17)6-4-10/h3-7,9H,8H2,1-2H3,(H,20,24)/b19-7+. The van der Waals surface area contributed by atoms with Gasteiger partial charge in [0, 0.05) is 18.6 Å². The Morgan fingerprint density at radius 3 is 2.62 bits per heavy atom. The first-order chi connectivity index (χ1) is 12.4. The van der Waals surface area contributed by atoms with Gasteiger partial charge in [-0.1, -0.05) is 28.1 Å². The summed E-state index contributed by atoms with van der Waals surface area (Å²) in [7, 11) is 2.90. The fourth-order valence-corrected chi connectivity index (χ4v) is 2.70. The van der Waals surface area contributed by atoms with Gasteiger partial charge in [0.1, 0.15) is 6.54 Å². The van der Waals surface area contributed by atoms with Gasteiger partial charge in [0.15, 0.2) is 11.2 Å². The first kappa shape index (κ1) is 17.8. The number of hydrogen-bond acceptors (Lipinski definition) is 5. The lowest BCUT2D eigenvalue weighted by Crippen LogP contribution is -2.38. The second-order valence-corrected chi connectivity index (χ2v) is 6.51. The van der Waals surface area contributed by atoms with E-state index in [0.29, 0.717) is 0 Å². The van der Waals surface area contributed by atoms with Crippen LogP contribution < -0.4 is 16.7 Å². The number of hydrazone groups is 1. The van der Waals surface area contributed by atoms with Crippen molar-refractivity contribution in [2.75, 3.05) is 0 Å². The number of nitrogens with one attached hydrogen (secondary N) is 1. The molecule has 1 amide bonds. The Labute approximate surface area is 155 Å². The fourth-order valence-electron chi connectivity index (χ4n) is 2.43. The molecule has 134 valence electrons. The monoisotopic (exact) mass is 418 g/mol. The zero-order valence-corrected chi connectivity index (χ0v) is 15.6. The van der Waals surface area contributed by atoms with E-state index < -0.39 is 17.2 Å². The summed E-state index contributed by atoms with van der Waals surface area (Å²) >= 11 is 3.34. The Kier molecular flexibility index (Phi) is 4.85. The van der Waals surface area contributed by atoms with Crippen molar-refractivity contribution >= 4 is 39.2 Å². The van der Waals surface area contributed by atoms with Crippen LogP contribution in [0, 0.1) is 0 Å². The van der Waals surface area contributed by atoms with E-state index >= 15 is 0 Å². The first-order valence-electron chi connectivity index (χ1n) is 7.57. The van der Waals surface area contributed by atoms with E-state index in [1.54, 1.807) is 0 Å². The number of carbonyl (C=O) groups is 1. The zero-order valence-electron chi connectivity index (χ0n) is 14.0. The maximum absolute atomic E-state index is 12.3. The fraction of sp³-hybridized carbons (Fsp3) is 0.188. The van der Waals surface area contributed by atoms with Crippen molar-refractivity contribution < 1.29 is 4.79 Å². The average molecular weight is 419 g/mol. The highest BCUT2D eigenvalue weighted by atomic mass is 79.9. The lowest BCUT2D eigenvalue weighted by atomic mass is 10.2. The normalized spacial score (nSPS) is 11.3. The van der Waals surface area contributed by atoms with E-state index in [0.717, 1.165) is 14.6 Å². The molecule has 0 saturated carbocycles. The van der Waals surface area contributed by atoms with E-state index in [9.17, 15) is 14.4 Å². The van der Waals surface area contributed by atoms with Crippen LogP contribution in [0.5, 0.6) is 0 Å². The Morgan fingerprint density at radius 1 is 1.23 bits per heavy atom. The summed E-state index contributed by atoms with van der Waals surface area (Å²) in [4.78, 5) is 40.4. The molecule has 0 atom stereocenters. The topological polar surface area (TPSA) is 103 Å². The molecule has 0 radical (unpaired) electrons. The van der Waals surface area contributed by atoms with Crippen molar-refractivity contribution in [1.82, 2.24) is 24.1 Å². The number of halogens is 1. The molecule has 0 bridgehead atoms. The number of imidazole rings is 1. The van der Waals surface area contributed by atoms with Crippen LogP contribution in [0.3, 0.4) is 0 Å². The Balaban J connectivity index is 1.79. The van der Waals surface area contributed by atoms with Gasteiger partial charge in [-0.05, 0) is 17.7 Å². The largest absolute Gasteiger partial charge is 0.332 e. The van der Waals surface area contributed by atoms with Crippen molar-refractivity contribution in [3.63, 3.8) is 0 Å². The SMILES string of the molecule is Cn1c(=O)c2c(ncn2CC(=O)N/N=C/c2ccc(Br)cc2)n(C)c1=O. The molecule has 2 aromatic heterocycles. The number of fused-ring (bicyclic) bond motifs is 1. The number of benzene rings is 1. The third-order valence-corrected chi connectivity index (χ3v) is 4.33. The highest BCUT2D eigenvalue weighted by Gasteiger charge is 2.15. The van der Waals surface area contributed by atoms with E-state index in [4.69, 9.17) is 0 Å². The van der Waals surface area contributed by atoms with Crippen LogP contribution in [0.4, 0.5) is 0 Å². The molecule has 3 rings (SSSR count). The van der Waals surface area contributed by atoms with Crippen LogP contribution in [-0.2, 0) is 25.4 Å². The molecule has 2 heterocycles. The minimum atomic E-state index is -0.508. The Morgan fingerprint density at radius 2 is 1.92 bits per heavy atom. The van der Waals surface area contributed by atoms with Gasteiger partial charge in [-0.3, -0.25) is 18.7 Å². The number of amides is 1. The number of nitrogens with zero attached hydrogens (tertiary/aromatic N) is 5. The maximum Gasteiger partial charge on any atom is 0.332 e. The Bertz CT molecular complexity index is 1120. The summed E-state index contributed by atoms with van der Waals surface area (Å²) in [5.74, 6) is -0.423. The Hall–Kier alpha value is -3.01. The molecule has 9 nitrogen and oxygen atoms in total. The van der Waals surface area contributed by atoms with Crippen molar-refractivity contribution in [1.29, 1.82) is 0 Å². The minimum absolute atomic E-state index is 0.151. The molecular formula is C16H15BrN6O3. The molecule has 0 fully saturated rings. The second kappa shape index (κ2) is 7.08. The van der Waals surface area contributed by atoms with Crippen LogP contribution in [0.2, 0.25) is 0 Å². The van der Waals surface area contributed by atoms with Crippen LogP contribution in [0.15, 0.2) is 49.8 Å². The molecule has 0 unspecified atom stereocenters. The number of aromatic nitrogens is 4. The number of hydrogen-bond donors (Lipinski definition) is 1. The molecule has 0 aliphatic carbocycles. The second-order valence-electron chi connectivity index (χ2n) is 5.60. The van der Waals surface area contributed by atoms with E-state index in [1.165, 1.54) is 35.8 Å². The average Bonchev–Trinajstić information content (AvgIpc) is 3.03. The highest BCUT2D eigenvalue weighted by molar-refractivity contribution is 9.10. The van der Waals surface area contributed by atoms with Crippen molar-refractivity contribution in [2.24, 2.45) is 19.2 Å². The molecule has 0 spiro atoms. The molecule has 3 aromatic rings. The smallest absolute Gasteiger partial charge is 0.315 e. The van der Waals surface area contributed by atoms with Gasteiger partial charge in [0.2, 0.25) is 0 Å². The predicted octanol–water partition coefficient (Wildman–Crippen LogP) is 0.347. The minimum Gasteiger partial charge on any atom is -0.315 e. The molecule has 10 heteroatoms. The third kappa shape index (κ3) is 3.36. The molecule has 1 N–H and O–H groups in total. The summed E-state index contributed by atoms with van der Waals surface area (Å²) in [6.07, 6.45) is 2.86. The van der Waals surface area contributed by atoms with Crippen molar-refractivity contribution in [3.8, 4) is 0 Å². The van der Waals surface area contributed by atoms with Crippen LogP contribution >= 0.6 is 15.9 Å². The lowest BCUT2D eigenvalue weighted by Gasteiger charge is -2.05. The van der Waals surface area contributed by atoms with Crippen molar-refractivity contribution in [2.45, 2.75) is 6.54 Å². The van der Waals surface area contributed by atoms with Gasteiger partial charge in [-0.2, -0.15) is 5.10 Å². The summed E-state index contributed by atoms with van der Waals surface area (Å²) in [6, 6.07) is 7.41. The molecular weight excluding hydrogens is 404 g/mol. The molecule has 0 aliphatic rings. The maximum atomic E-state index is 12.3. The molecule has 0 aliphatic heterocycles. The lowest BCUT2D eigenvalue weighted by molar-refractivity contribution is -0.121. The van der Waals surface area contributed by atoms with Crippen LogP contribution in [0.1, 0.15) is 5.56 Å². The van der Waals surface area contributed by atoms with Gasteiger partial charge in [0.25, 0.3) is 11.5 Å². The first-order valence-corrected chi connectivity index (χ1v) is 8.36. The van der Waals surface area contributed by atoms with E-state index in [2.05, 4.69) is 31.4 Å². The summed E-state index contributed by atoms with van der Waals surface area (Å²) in [5.41, 5.74) is 2.65. The van der Waals surface area contributed by atoms with Crippen molar-refractivity contribution in [3.05, 3.63) is 61.5 Å². The summed E-state index contributed by atoms with van der Waals surface area (Å²) in [6.45, 7) is -0.151. The van der Waals surface area contributed by atoms with Gasteiger partial charge in [-0.15, -0.1) is 0 Å². The third-order valence-electron chi connectivity index (χ3n) is 3.80. The number of carbonyl (C=O) groups excluding carboxylic acids is 1. The van der Waals surface area contributed by atoms with Gasteiger partial charge >= 0.3 is 5.69 Å². The molecule has 26 heavy (non-hydrogen) atoms. The van der Waals surface area contributed by atoms with Gasteiger partial charge in [-0.25, -0.2) is 15.2 Å². The quantitative estimate of drug-likeness (QED) is 0.487. The highest BCUT2D eigenvalue weighted by Crippen LogP contribution is 2.09. The van der Waals surface area contributed by atoms with Gasteiger partial charge < -0.3 is 4.57 Å². The van der Waals surface area contributed by atoms with Crippen LogP contribution in [-0.4, -0.2) is 30.8 Å². The van der Waals surface area contributed by atoms with Crippen LogP contribution in [0.25, 0.3) is 11.2 Å². The molecule has 1 aromatic carbocycles. The summed E-state index contributed by atoms with van der Waals surface area (Å²) in [5, 5.41) is 3.89. The number of aryl methyl sites for hydroxylation is 1. The van der Waals surface area contributed by atoms with E-state index in [1.807, 2.05) is 24.3 Å². The molecule has 0 saturated heterocycles. The summed E-state index contributed by atoms with van der Waals surface area (Å²) < 4.78 is 4.57. The van der Waals surface area contributed by atoms with E-state index in [-0.39, 0.29) is 17.7 Å².